The van der Waals surface area contributed by atoms with Crippen molar-refractivity contribution in [3.05, 3.63) is 89.2 Å². The normalized spacial score (nSPS) is 11.9. The highest BCUT2D eigenvalue weighted by molar-refractivity contribution is 7.92. The minimum absolute atomic E-state index is 0.0196. The van der Waals surface area contributed by atoms with Crippen LogP contribution in [0.3, 0.4) is 0 Å². The average molecular weight is 590 g/mol. The van der Waals surface area contributed by atoms with E-state index in [4.69, 9.17) is 16.3 Å². The number of hydrogen-bond acceptors (Lipinski definition) is 5. The van der Waals surface area contributed by atoms with E-state index in [2.05, 4.69) is 5.32 Å². The monoisotopic (exact) mass is 589 g/mol. The van der Waals surface area contributed by atoms with Crippen LogP contribution >= 0.6 is 11.6 Å². The molecular formula is C29H33ClFN3O5S. The maximum Gasteiger partial charge on any atom is 0.264 e. The molecule has 0 aliphatic heterocycles. The van der Waals surface area contributed by atoms with Gasteiger partial charge in [0.05, 0.1) is 17.7 Å². The fourth-order valence-corrected chi connectivity index (χ4v) is 5.62. The predicted molar refractivity (Wildman–Crippen MR) is 153 cm³/mol. The summed E-state index contributed by atoms with van der Waals surface area (Å²) in [5.74, 6) is -0.915. The van der Waals surface area contributed by atoms with Gasteiger partial charge in [-0.3, -0.25) is 13.9 Å². The molecule has 0 heterocycles. The minimum atomic E-state index is -4.23. The lowest BCUT2D eigenvalue weighted by Gasteiger charge is -2.33. The van der Waals surface area contributed by atoms with Crippen LogP contribution in [-0.2, 0) is 26.2 Å². The molecule has 214 valence electrons. The van der Waals surface area contributed by atoms with E-state index in [1.165, 1.54) is 84.8 Å². The third-order valence-electron chi connectivity index (χ3n) is 6.24. The predicted octanol–water partition coefficient (Wildman–Crippen LogP) is 5.02. The van der Waals surface area contributed by atoms with Crippen LogP contribution in [0.5, 0.6) is 5.75 Å². The number of carbonyl (C=O) groups is 2. The molecule has 3 aromatic carbocycles. The molecule has 0 radical (unpaired) electrons. The molecule has 0 aromatic heterocycles. The van der Waals surface area contributed by atoms with Gasteiger partial charge in [-0.1, -0.05) is 37.6 Å². The molecule has 1 N–H and O–H groups in total. The Morgan fingerprint density at radius 3 is 2.15 bits per heavy atom. The van der Waals surface area contributed by atoms with E-state index in [1.807, 2.05) is 6.92 Å². The van der Waals surface area contributed by atoms with Gasteiger partial charge >= 0.3 is 0 Å². The third-order valence-corrected chi connectivity index (χ3v) is 8.28. The van der Waals surface area contributed by atoms with Crippen LogP contribution in [0.15, 0.2) is 77.7 Å². The first kappa shape index (κ1) is 30.9. The number of halogens is 2. The second kappa shape index (κ2) is 14.1. The number of ether oxygens (including phenoxy) is 1. The zero-order valence-corrected chi connectivity index (χ0v) is 24.2. The Morgan fingerprint density at radius 2 is 1.60 bits per heavy atom. The zero-order valence-electron chi connectivity index (χ0n) is 22.6. The van der Waals surface area contributed by atoms with Crippen LogP contribution in [0.1, 0.15) is 32.3 Å². The number of methoxy groups -OCH3 is 1. The molecule has 8 nitrogen and oxygen atoms in total. The third kappa shape index (κ3) is 7.73. The van der Waals surface area contributed by atoms with Crippen LogP contribution in [0.25, 0.3) is 0 Å². The Bertz CT molecular complexity index is 1380. The number of amides is 2. The van der Waals surface area contributed by atoms with Crippen molar-refractivity contribution in [3.8, 4) is 5.75 Å². The second-order valence-corrected chi connectivity index (χ2v) is 11.3. The summed E-state index contributed by atoms with van der Waals surface area (Å²) in [6.45, 7) is 3.50. The molecule has 0 bridgehead atoms. The van der Waals surface area contributed by atoms with E-state index >= 15 is 0 Å². The summed E-state index contributed by atoms with van der Waals surface area (Å²) < 4.78 is 47.4. The zero-order chi connectivity index (χ0) is 29.3. The van der Waals surface area contributed by atoms with Gasteiger partial charge in [0, 0.05) is 18.1 Å². The highest BCUT2D eigenvalue weighted by atomic mass is 35.5. The van der Waals surface area contributed by atoms with Crippen molar-refractivity contribution in [1.29, 1.82) is 0 Å². The molecule has 1 atom stereocenters. The summed E-state index contributed by atoms with van der Waals surface area (Å²) in [6, 6.07) is 16.6. The summed E-state index contributed by atoms with van der Waals surface area (Å²) in [6.07, 6.45) is 0.993. The van der Waals surface area contributed by atoms with Gasteiger partial charge in [-0.15, -0.1) is 0 Å². The Kier molecular flexibility index (Phi) is 10.9. The molecule has 0 aliphatic carbocycles. The number of benzene rings is 3. The molecule has 0 aliphatic rings. The fourth-order valence-electron chi connectivity index (χ4n) is 4.08. The Labute approximate surface area is 239 Å². The number of hydrogen-bond donors (Lipinski definition) is 1. The van der Waals surface area contributed by atoms with Crippen molar-refractivity contribution in [1.82, 2.24) is 10.2 Å². The molecule has 0 saturated carbocycles. The smallest absolute Gasteiger partial charge is 0.264 e. The molecule has 0 saturated heterocycles. The minimum Gasteiger partial charge on any atom is -0.497 e. The summed E-state index contributed by atoms with van der Waals surface area (Å²) in [4.78, 5) is 28.3. The van der Waals surface area contributed by atoms with E-state index in [0.29, 0.717) is 29.3 Å². The average Bonchev–Trinajstić information content (AvgIpc) is 2.96. The summed E-state index contributed by atoms with van der Waals surface area (Å²) >= 11 is 6.05. The molecular weight excluding hydrogens is 557 g/mol. The molecule has 3 aromatic rings. The van der Waals surface area contributed by atoms with Crippen LogP contribution in [0.4, 0.5) is 10.1 Å². The molecule has 0 spiro atoms. The van der Waals surface area contributed by atoms with E-state index in [1.54, 1.807) is 6.92 Å². The van der Waals surface area contributed by atoms with E-state index in [0.717, 1.165) is 4.31 Å². The lowest BCUT2D eigenvalue weighted by atomic mass is 10.1. The molecule has 11 heteroatoms. The van der Waals surface area contributed by atoms with Crippen molar-refractivity contribution >= 4 is 39.1 Å². The maximum absolute atomic E-state index is 13.9. The lowest BCUT2D eigenvalue weighted by Crippen LogP contribution is -2.52. The van der Waals surface area contributed by atoms with Crippen molar-refractivity contribution in [2.24, 2.45) is 0 Å². The fraction of sp³-hybridized carbons (Fsp3) is 0.310. The van der Waals surface area contributed by atoms with Gasteiger partial charge < -0.3 is 15.0 Å². The van der Waals surface area contributed by atoms with E-state index in [9.17, 15) is 22.4 Å². The highest BCUT2D eigenvalue weighted by Crippen LogP contribution is 2.27. The van der Waals surface area contributed by atoms with Crippen LogP contribution in [-0.4, -0.2) is 51.4 Å². The van der Waals surface area contributed by atoms with Gasteiger partial charge in [-0.2, -0.15) is 0 Å². The molecule has 0 fully saturated rings. The first-order chi connectivity index (χ1) is 19.1. The lowest BCUT2D eigenvalue weighted by molar-refractivity contribution is -0.140. The Hall–Kier alpha value is -3.63. The highest BCUT2D eigenvalue weighted by Gasteiger charge is 2.33. The standard InChI is InChI=1S/C29H33ClFN3O5S/c1-4-18-32-29(36)27(5-2)33(19-21-6-10-23(31)11-7-21)28(35)20-34(24-12-8-22(30)9-13-24)40(37,38)26-16-14-25(39-3)15-17-26/h6-17,27H,4-5,18-20H2,1-3H3,(H,32,36)/t27-/m0/s1. The topological polar surface area (TPSA) is 96.0 Å². The van der Waals surface area contributed by atoms with Crippen LogP contribution < -0.4 is 14.4 Å². The van der Waals surface area contributed by atoms with E-state index < -0.39 is 34.3 Å². The van der Waals surface area contributed by atoms with Crippen molar-refractivity contribution in [2.75, 3.05) is 24.5 Å². The van der Waals surface area contributed by atoms with Gasteiger partial charge in [-0.25, -0.2) is 12.8 Å². The number of nitrogens with zero attached hydrogens (tertiary/aromatic N) is 2. The van der Waals surface area contributed by atoms with E-state index in [-0.39, 0.29) is 29.5 Å². The number of sulfonamides is 1. The first-order valence-corrected chi connectivity index (χ1v) is 14.7. The van der Waals surface area contributed by atoms with Gasteiger partial charge in [-0.05, 0) is 79.1 Å². The van der Waals surface area contributed by atoms with Crippen molar-refractivity contribution in [3.63, 3.8) is 0 Å². The van der Waals surface area contributed by atoms with Crippen LogP contribution in [0, 0.1) is 5.82 Å². The number of anilines is 1. The van der Waals surface area contributed by atoms with Crippen molar-refractivity contribution in [2.45, 2.75) is 44.2 Å². The number of carbonyl (C=O) groups excluding carboxylic acids is 2. The molecule has 2 amide bonds. The molecule has 3 rings (SSSR count). The molecule has 0 unspecified atom stereocenters. The van der Waals surface area contributed by atoms with Crippen molar-refractivity contribution < 1.29 is 27.1 Å². The van der Waals surface area contributed by atoms with Gasteiger partial charge in [0.2, 0.25) is 11.8 Å². The Balaban J connectivity index is 2.04. The summed E-state index contributed by atoms with van der Waals surface area (Å²) in [5.41, 5.74) is 0.811. The Morgan fingerprint density at radius 1 is 0.975 bits per heavy atom. The van der Waals surface area contributed by atoms with Crippen LogP contribution in [0.2, 0.25) is 5.02 Å². The maximum atomic E-state index is 13.9. The number of nitrogens with one attached hydrogen (secondary N) is 1. The van der Waals surface area contributed by atoms with Gasteiger partial charge in [0.15, 0.2) is 0 Å². The number of rotatable bonds is 13. The second-order valence-electron chi connectivity index (χ2n) is 9.03. The summed E-state index contributed by atoms with van der Waals surface area (Å²) in [7, 11) is -2.76. The van der Waals surface area contributed by atoms with Gasteiger partial charge in [0.1, 0.15) is 24.2 Å². The first-order valence-electron chi connectivity index (χ1n) is 12.8. The summed E-state index contributed by atoms with van der Waals surface area (Å²) in [5, 5.41) is 3.22. The molecule has 40 heavy (non-hydrogen) atoms. The largest absolute Gasteiger partial charge is 0.497 e. The van der Waals surface area contributed by atoms with Gasteiger partial charge in [0.25, 0.3) is 10.0 Å². The SMILES string of the molecule is CCCNC(=O)[C@H](CC)N(Cc1ccc(F)cc1)C(=O)CN(c1ccc(Cl)cc1)S(=O)(=O)c1ccc(OC)cc1. The quantitative estimate of drug-likeness (QED) is 0.302.